The Labute approximate surface area is 130 Å². The number of nitrogens with one attached hydrogen (secondary N) is 1. The molecule has 1 N–H and O–H groups in total. The van der Waals surface area contributed by atoms with Gasteiger partial charge in [-0.1, -0.05) is 11.6 Å². The van der Waals surface area contributed by atoms with Crippen molar-refractivity contribution in [3.8, 4) is 0 Å². The molecule has 0 amide bonds. The van der Waals surface area contributed by atoms with Gasteiger partial charge in [0.15, 0.2) is 5.78 Å². The number of carbonyl (C=O) groups is 1. The predicted octanol–water partition coefficient (Wildman–Crippen LogP) is 5.17. The summed E-state index contributed by atoms with van der Waals surface area (Å²) in [6.45, 7) is 0. The van der Waals surface area contributed by atoms with E-state index < -0.39 is 11.7 Å². The summed E-state index contributed by atoms with van der Waals surface area (Å²) in [5.74, 6) is -0.240. The summed E-state index contributed by atoms with van der Waals surface area (Å²) in [6.07, 6.45) is -1.70. The fourth-order valence-corrected chi connectivity index (χ4v) is 1.81. The van der Waals surface area contributed by atoms with E-state index in [4.69, 9.17) is 11.6 Å². The fraction of sp³-hybridized carbons (Fsp3) is 0.0625. The van der Waals surface area contributed by atoms with Gasteiger partial charge in [0.2, 0.25) is 0 Å². The summed E-state index contributed by atoms with van der Waals surface area (Å²) in [5.41, 5.74) is 0.197. The zero-order valence-corrected chi connectivity index (χ0v) is 11.9. The highest BCUT2D eigenvalue weighted by Crippen LogP contribution is 2.29. The second-order valence-corrected chi connectivity index (χ2v) is 4.86. The van der Waals surface area contributed by atoms with Crippen LogP contribution in [-0.4, -0.2) is 5.78 Å². The van der Waals surface area contributed by atoms with Crippen LogP contribution in [0, 0.1) is 0 Å². The molecule has 0 unspecified atom stereocenters. The van der Waals surface area contributed by atoms with E-state index in [-0.39, 0.29) is 5.78 Å². The lowest BCUT2D eigenvalue weighted by Crippen LogP contribution is -2.04. The molecule has 0 saturated heterocycles. The lowest BCUT2D eigenvalue weighted by molar-refractivity contribution is -0.137. The summed E-state index contributed by atoms with van der Waals surface area (Å²) in [6, 6.07) is 10.9. The Morgan fingerprint density at radius 2 is 1.59 bits per heavy atom. The van der Waals surface area contributed by atoms with Crippen LogP contribution in [0.4, 0.5) is 18.9 Å². The highest BCUT2D eigenvalue weighted by atomic mass is 35.5. The van der Waals surface area contributed by atoms with Crippen molar-refractivity contribution in [3.05, 3.63) is 77.0 Å². The molecule has 2 aromatic rings. The smallest absolute Gasteiger partial charge is 0.362 e. The lowest BCUT2D eigenvalue weighted by atomic mass is 10.1. The summed E-state index contributed by atoms with van der Waals surface area (Å²) in [7, 11) is 0. The first-order valence-electron chi connectivity index (χ1n) is 6.26. The topological polar surface area (TPSA) is 29.1 Å². The van der Waals surface area contributed by atoms with Crippen LogP contribution in [0.5, 0.6) is 0 Å². The molecular formula is C16H11ClF3NO. The van der Waals surface area contributed by atoms with E-state index in [1.165, 1.54) is 24.4 Å². The van der Waals surface area contributed by atoms with Crippen LogP contribution in [0.15, 0.2) is 60.8 Å². The van der Waals surface area contributed by atoms with Crippen LogP contribution < -0.4 is 5.32 Å². The molecule has 6 heteroatoms. The Bertz CT molecular complexity index is 676. The van der Waals surface area contributed by atoms with Gasteiger partial charge < -0.3 is 5.32 Å². The average molecular weight is 326 g/mol. The number of halogens is 4. The highest BCUT2D eigenvalue weighted by Gasteiger charge is 2.29. The number of alkyl halides is 3. The van der Waals surface area contributed by atoms with Crippen molar-refractivity contribution in [2.75, 3.05) is 5.32 Å². The monoisotopic (exact) mass is 325 g/mol. The average Bonchev–Trinajstić information content (AvgIpc) is 2.47. The van der Waals surface area contributed by atoms with E-state index in [2.05, 4.69) is 5.32 Å². The molecule has 0 bridgehead atoms. The summed E-state index contributed by atoms with van der Waals surface area (Å²) in [4.78, 5) is 11.8. The van der Waals surface area contributed by atoms with Crippen molar-refractivity contribution in [3.63, 3.8) is 0 Å². The number of carbonyl (C=O) groups excluding carboxylic acids is 1. The van der Waals surface area contributed by atoms with Gasteiger partial charge in [0.05, 0.1) is 5.56 Å². The van der Waals surface area contributed by atoms with Gasteiger partial charge in [-0.15, -0.1) is 0 Å². The fourth-order valence-electron chi connectivity index (χ4n) is 1.68. The summed E-state index contributed by atoms with van der Waals surface area (Å²) in [5, 5.41) is 3.27. The van der Waals surface area contributed by atoms with Gasteiger partial charge in [-0.05, 0) is 48.5 Å². The largest absolute Gasteiger partial charge is 0.416 e. The maximum absolute atomic E-state index is 12.4. The van der Waals surface area contributed by atoms with Gasteiger partial charge in [-0.25, -0.2) is 0 Å². The van der Waals surface area contributed by atoms with Gasteiger partial charge in [0, 0.05) is 28.5 Å². The molecule has 0 fully saturated rings. The zero-order chi connectivity index (χ0) is 16.2. The number of anilines is 1. The van der Waals surface area contributed by atoms with Crippen LogP contribution in [0.3, 0.4) is 0 Å². The molecule has 0 spiro atoms. The number of allylic oxidation sites excluding steroid dienone is 1. The van der Waals surface area contributed by atoms with Gasteiger partial charge in [-0.2, -0.15) is 13.2 Å². The van der Waals surface area contributed by atoms with Crippen LogP contribution in [0.25, 0.3) is 0 Å². The Morgan fingerprint density at radius 1 is 1.00 bits per heavy atom. The Hall–Kier alpha value is -2.27. The van der Waals surface area contributed by atoms with E-state index in [1.54, 1.807) is 24.3 Å². The van der Waals surface area contributed by atoms with Crippen LogP contribution in [-0.2, 0) is 6.18 Å². The molecule has 114 valence electrons. The van der Waals surface area contributed by atoms with Crippen molar-refractivity contribution in [2.24, 2.45) is 0 Å². The third kappa shape index (κ3) is 4.36. The van der Waals surface area contributed by atoms with Gasteiger partial charge >= 0.3 is 6.18 Å². The lowest BCUT2D eigenvalue weighted by Gasteiger charge is -2.07. The maximum atomic E-state index is 12.4. The second-order valence-electron chi connectivity index (χ2n) is 4.42. The molecule has 0 aromatic heterocycles. The van der Waals surface area contributed by atoms with Crippen molar-refractivity contribution in [2.45, 2.75) is 6.18 Å². The third-order valence-corrected chi connectivity index (χ3v) is 3.08. The minimum atomic E-state index is -4.36. The number of rotatable bonds is 4. The van der Waals surface area contributed by atoms with Gasteiger partial charge in [-0.3, -0.25) is 4.79 Å². The molecule has 0 aliphatic rings. The molecule has 0 saturated carbocycles. The molecule has 2 nitrogen and oxygen atoms in total. The van der Waals surface area contributed by atoms with E-state index in [9.17, 15) is 18.0 Å². The molecule has 0 heterocycles. The van der Waals surface area contributed by atoms with Crippen molar-refractivity contribution in [1.82, 2.24) is 0 Å². The first-order valence-corrected chi connectivity index (χ1v) is 6.64. The maximum Gasteiger partial charge on any atom is 0.416 e. The molecule has 22 heavy (non-hydrogen) atoms. The summed E-state index contributed by atoms with van der Waals surface area (Å²) >= 11 is 5.72. The van der Waals surface area contributed by atoms with Crippen LogP contribution >= 0.6 is 11.6 Å². The zero-order valence-electron chi connectivity index (χ0n) is 11.2. The van der Waals surface area contributed by atoms with Crippen LogP contribution in [0.2, 0.25) is 5.02 Å². The van der Waals surface area contributed by atoms with Crippen molar-refractivity contribution >= 4 is 23.1 Å². The Kier molecular flexibility index (Phi) is 4.88. The van der Waals surface area contributed by atoms with Crippen molar-refractivity contribution < 1.29 is 18.0 Å². The molecule has 2 rings (SSSR count). The SMILES string of the molecule is O=C(/C=C/Nc1ccc(C(F)(F)F)cc1)c1ccc(Cl)cc1. The summed E-state index contributed by atoms with van der Waals surface area (Å²) < 4.78 is 37.2. The van der Waals surface area contributed by atoms with E-state index in [0.717, 1.165) is 12.1 Å². The van der Waals surface area contributed by atoms with Gasteiger partial charge in [0.25, 0.3) is 0 Å². The predicted molar refractivity (Wildman–Crippen MR) is 80.0 cm³/mol. The molecule has 0 radical (unpaired) electrons. The molecule has 0 aliphatic heterocycles. The van der Waals surface area contributed by atoms with Gasteiger partial charge in [0.1, 0.15) is 0 Å². The molecular weight excluding hydrogens is 315 g/mol. The Morgan fingerprint density at radius 3 is 2.14 bits per heavy atom. The normalized spacial score (nSPS) is 11.6. The third-order valence-electron chi connectivity index (χ3n) is 2.83. The quantitative estimate of drug-likeness (QED) is 0.621. The second kappa shape index (κ2) is 6.66. The molecule has 0 atom stereocenters. The molecule has 0 aliphatic carbocycles. The standard InChI is InChI=1S/C16H11ClF3NO/c17-13-5-1-11(2-6-13)15(22)9-10-21-14-7-3-12(4-8-14)16(18,19)20/h1-10,21H/b10-9+. The van der Waals surface area contributed by atoms with E-state index in [1.807, 2.05) is 0 Å². The van der Waals surface area contributed by atoms with Crippen molar-refractivity contribution in [1.29, 1.82) is 0 Å². The molecule has 2 aromatic carbocycles. The first-order chi connectivity index (χ1) is 10.4. The van der Waals surface area contributed by atoms with E-state index in [0.29, 0.717) is 16.3 Å². The number of ketones is 1. The first kappa shape index (κ1) is 16.1. The van der Waals surface area contributed by atoms with Crippen LogP contribution in [0.1, 0.15) is 15.9 Å². The minimum Gasteiger partial charge on any atom is -0.362 e. The number of hydrogen-bond acceptors (Lipinski definition) is 2. The highest BCUT2D eigenvalue weighted by molar-refractivity contribution is 6.30. The minimum absolute atomic E-state index is 0.240. The number of hydrogen-bond donors (Lipinski definition) is 1. The number of benzene rings is 2. The van der Waals surface area contributed by atoms with E-state index >= 15 is 0 Å². The Balaban J connectivity index is 1.97.